The standard InChI is InChI=1S/C19H22N6O/c26-19(18-12-16-13-20-8-11-25(16)23-18)22-17(15-4-2-1-3-5-15)6-9-24-10-7-21-14-24/h1-5,7,10,12,14,17,20H,6,8-9,11,13H2,(H,22,26). The van der Waals surface area contributed by atoms with E-state index in [9.17, 15) is 4.79 Å². The van der Waals surface area contributed by atoms with Crippen molar-refractivity contribution in [3.63, 3.8) is 0 Å². The summed E-state index contributed by atoms with van der Waals surface area (Å²) in [6.45, 7) is 3.21. The fourth-order valence-electron chi connectivity index (χ4n) is 3.24. The Morgan fingerprint density at radius 3 is 2.96 bits per heavy atom. The Morgan fingerprint density at radius 2 is 2.19 bits per heavy atom. The van der Waals surface area contributed by atoms with Crippen molar-refractivity contribution >= 4 is 5.91 Å². The van der Waals surface area contributed by atoms with Gasteiger partial charge in [-0.1, -0.05) is 30.3 Å². The minimum atomic E-state index is -0.133. The minimum Gasteiger partial charge on any atom is -0.344 e. The van der Waals surface area contributed by atoms with Crippen molar-refractivity contribution in [3.05, 3.63) is 72.1 Å². The minimum absolute atomic E-state index is 0.0806. The highest BCUT2D eigenvalue weighted by molar-refractivity contribution is 5.92. The molecule has 3 heterocycles. The van der Waals surface area contributed by atoms with Crippen LogP contribution < -0.4 is 10.6 Å². The first-order valence-corrected chi connectivity index (χ1v) is 8.88. The molecule has 1 atom stereocenters. The van der Waals surface area contributed by atoms with Gasteiger partial charge in [0, 0.05) is 32.0 Å². The van der Waals surface area contributed by atoms with E-state index in [1.54, 1.807) is 12.5 Å². The highest BCUT2D eigenvalue weighted by Crippen LogP contribution is 2.19. The SMILES string of the molecule is O=C(NC(CCn1ccnc1)c1ccccc1)c1cc2n(n1)CCNC2. The maximum absolute atomic E-state index is 12.8. The van der Waals surface area contributed by atoms with Gasteiger partial charge >= 0.3 is 0 Å². The summed E-state index contributed by atoms with van der Waals surface area (Å²) in [6, 6.07) is 11.8. The van der Waals surface area contributed by atoms with Crippen molar-refractivity contribution in [1.29, 1.82) is 0 Å². The highest BCUT2D eigenvalue weighted by atomic mass is 16.2. The van der Waals surface area contributed by atoms with Crippen LogP contribution in [0.25, 0.3) is 0 Å². The molecule has 0 fully saturated rings. The number of aryl methyl sites for hydroxylation is 1. The van der Waals surface area contributed by atoms with Crippen molar-refractivity contribution < 1.29 is 4.79 Å². The van der Waals surface area contributed by atoms with E-state index in [0.717, 1.165) is 43.9 Å². The van der Waals surface area contributed by atoms with E-state index in [-0.39, 0.29) is 11.9 Å². The summed E-state index contributed by atoms with van der Waals surface area (Å²) in [5.41, 5.74) is 2.62. The maximum atomic E-state index is 12.8. The van der Waals surface area contributed by atoms with Crippen LogP contribution in [0.15, 0.2) is 55.1 Å². The van der Waals surface area contributed by atoms with Crippen LogP contribution in [-0.2, 0) is 19.6 Å². The molecule has 26 heavy (non-hydrogen) atoms. The van der Waals surface area contributed by atoms with Crippen LogP contribution in [0, 0.1) is 0 Å². The van der Waals surface area contributed by atoms with Gasteiger partial charge in [-0.3, -0.25) is 9.48 Å². The van der Waals surface area contributed by atoms with Crippen molar-refractivity contribution in [2.75, 3.05) is 6.54 Å². The number of nitrogens with zero attached hydrogens (tertiary/aromatic N) is 4. The van der Waals surface area contributed by atoms with E-state index in [0.29, 0.717) is 5.69 Å². The molecule has 0 bridgehead atoms. The zero-order valence-corrected chi connectivity index (χ0v) is 14.5. The van der Waals surface area contributed by atoms with Crippen LogP contribution >= 0.6 is 0 Å². The lowest BCUT2D eigenvalue weighted by Crippen LogP contribution is -2.30. The van der Waals surface area contributed by atoms with Gasteiger partial charge in [0.15, 0.2) is 5.69 Å². The topological polar surface area (TPSA) is 76.8 Å². The number of hydrogen-bond acceptors (Lipinski definition) is 4. The van der Waals surface area contributed by atoms with Crippen molar-refractivity contribution in [2.24, 2.45) is 0 Å². The third-order valence-corrected chi connectivity index (χ3v) is 4.64. The second-order valence-electron chi connectivity index (χ2n) is 6.45. The molecule has 134 valence electrons. The van der Waals surface area contributed by atoms with E-state index < -0.39 is 0 Å². The number of nitrogens with one attached hydrogen (secondary N) is 2. The molecule has 7 heteroatoms. The van der Waals surface area contributed by atoms with Crippen LogP contribution in [0.2, 0.25) is 0 Å². The van der Waals surface area contributed by atoms with Gasteiger partial charge < -0.3 is 15.2 Å². The number of hydrogen-bond donors (Lipinski definition) is 2. The van der Waals surface area contributed by atoms with Crippen LogP contribution in [0.4, 0.5) is 0 Å². The molecule has 0 saturated heterocycles. The first kappa shape index (κ1) is 16.5. The number of amides is 1. The van der Waals surface area contributed by atoms with Crippen molar-refractivity contribution in [2.45, 2.75) is 32.1 Å². The Labute approximate surface area is 152 Å². The second-order valence-corrected chi connectivity index (χ2v) is 6.45. The normalized spacial score (nSPS) is 14.6. The van der Waals surface area contributed by atoms with Crippen molar-refractivity contribution in [3.8, 4) is 0 Å². The van der Waals surface area contributed by atoms with Crippen LogP contribution in [0.5, 0.6) is 0 Å². The first-order valence-electron chi connectivity index (χ1n) is 8.88. The Balaban J connectivity index is 1.50. The quantitative estimate of drug-likeness (QED) is 0.710. The van der Waals surface area contributed by atoms with Crippen LogP contribution in [-0.4, -0.2) is 31.8 Å². The third kappa shape index (κ3) is 3.67. The lowest BCUT2D eigenvalue weighted by molar-refractivity contribution is 0.0927. The summed E-state index contributed by atoms with van der Waals surface area (Å²) >= 11 is 0. The smallest absolute Gasteiger partial charge is 0.272 e. The Kier molecular flexibility index (Phi) is 4.79. The summed E-state index contributed by atoms with van der Waals surface area (Å²) in [6.07, 6.45) is 6.27. The van der Waals surface area contributed by atoms with Crippen LogP contribution in [0.3, 0.4) is 0 Å². The number of rotatable bonds is 6. The number of benzene rings is 1. The third-order valence-electron chi connectivity index (χ3n) is 4.64. The highest BCUT2D eigenvalue weighted by Gasteiger charge is 2.20. The van der Waals surface area contributed by atoms with Crippen molar-refractivity contribution in [1.82, 2.24) is 30.0 Å². The molecule has 1 unspecified atom stereocenters. The summed E-state index contributed by atoms with van der Waals surface area (Å²) in [7, 11) is 0. The molecular weight excluding hydrogens is 328 g/mol. The van der Waals surface area contributed by atoms with E-state index in [1.165, 1.54) is 0 Å². The Bertz CT molecular complexity index is 832. The van der Waals surface area contributed by atoms with Gasteiger partial charge in [-0.05, 0) is 18.1 Å². The summed E-state index contributed by atoms with van der Waals surface area (Å²) in [4.78, 5) is 16.9. The first-order chi connectivity index (χ1) is 12.8. The van der Waals surface area contributed by atoms with E-state index in [2.05, 4.69) is 20.7 Å². The maximum Gasteiger partial charge on any atom is 0.272 e. The summed E-state index contributed by atoms with van der Waals surface area (Å²) in [5, 5.41) is 10.9. The molecule has 7 nitrogen and oxygen atoms in total. The largest absolute Gasteiger partial charge is 0.344 e. The van der Waals surface area contributed by atoms with Gasteiger partial charge in [-0.25, -0.2) is 4.98 Å². The van der Waals surface area contributed by atoms with Gasteiger partial charge in [0.05, 0.1) is 24.6 Å². The molecule has 4 rings (SSSR count). The Morgan fingerprint density at radius 1 is 1.31 bits per heavy atom. The zero-order chi connectivity index (χ0) is 17.8. The molecule has 1 aliphatic heterocycles. The zero-order valence-electron chi connectivity index (χ0n) is 14.5. The number of carbonyl (C=O) groups is 1. The van der Waals surface area contributed by atoms with Gasteiger partial charge in [-0.15, -0.1) is 0 Å². The summed E-state index contributed by atoms with van der Waals surface area (Å²) in [5.74, 6) is -0.133. The number of carbonyl (C=O) groups excluding carboxylic acids is 1. The van der Waals surface area contributed by atoms with Gasteiger partial charge in [-0.2, -0.15) is 5.10 Å². The molecule has 0 spiro atoms. The van der Waals surface area contributed by atoms with Gasteiger partial charge in [0.2, 0.25) is 0 Å². The Hall–Kier alpha value is -2.93. The van der Waals surface area contributed by atoms with E-state index >= 15 is 0 Å². The van der Waals surface area contributed by atoms with Gasteiger partial charge in [0.25, 0.3) is 5.91 Å². The van der Waals surface area contributed by atoms with E-state index in [1.807, 2.05) is 51.8 Å². The van der Waals surface area contributed by atoms with Crippen LogP contribution in [0.1, 0.15) is 34.2 Å². The second kappa shape index (κ2) is 7.53. The molecule has 1 aromatic carbocycles. The molecule has 2 aromatic heterocycles. The number of aromatic nitrogens is 4. The number of imidazole rings is 1. The predicted molar refractivity (Wildman–Crippen MR) is 97.4 cm³/mol. The average molecular weight is 350 g/mol. The monoisotopic (exact) mass is 350 g/mol. The molecule has 0 aliphatic carbocycles. The lowest BCUT2D eigenvalue weighted by atomic mass is 10.0. The molecular formula is C19H22N6O. The molecule has 0 saturated carbocycles. The number of fused-ring (bicyclic) bond motifs is 1. The molecule has 1 amide bonds. The molecule has 0 radical (unpaired) electrons. The fraction of sp³-hybridized carbons (Fsp3) is 0.316. The average Bonchev–Trinajstić information content (AvgIpc) is 3.35. The molecule has 2 N–H and O–H groups in total. The fourth-order valence-corrected chi connectivity index (χ4v) is 3.24. The predicted octanol–water partition coefficient (Wildman–Crippen LogP) is 1.74. The van der Waals surface area contributed by atoms with E-state index in [4.69, 9.17) is 0 Å². The van der Waals surface area contributed by atoms with Gasteiger partial charge in [0.1, 0.15) is 0 Å². The summed E-state index contributed by atoms with van der Waals surface area (Å²) < 4.78 is 3.93. The molecule has 1 aliphatic rings. The lowest BCUT2D eigenvalue weighted by Gasteiger charge is -2.19. The molecule has 3 aromatic rings.